The summed E-state index contributed by atoms with van der Waals surface area (Å²) in [6, 6.07) is 17.3. The first-order valence-corrected chi connectivity index (χ1v) is 6.82. The van der Waals surface area contributed by atoms with Gasteiger partial charge in [0, 0.05) is 23.6 Å². The minimum Gasteiger partial charge on any atom is -1.00 e. The predicted octanol–water partition coefficient (Wildman–Crippen LogP) is 0.910. The van der Waals surface area contributed by atoms with Gasteiger partial charge in [-0.3, -0.25) is 4.79 Å². The lowest BCUT2D eigenvalue weighted by Crippen LogP contribution is -3.00. The van der Waals surface area contributed by atoms with Crippen LogP contribution in [0.5, 0.6) is 0 Å². The van der Waals surface area contributed by atoms with E-state index in [1.54, 1.807) is 0 Å². The zero-order chi connectivity index (χ0) is 14.6. The highest BCUT2D eigenvalue weighted by Crippen LogP contribution is 2.13. The van der Waals surface area contributed by atoms with Crippen LogP contribution in [0.4, 0.5) is 0 Å². The van der Waals surface area contributed by atoms with E-state index in [2.05, 4.69) is 21.0 Å². The first kappa shape index (κ1) is 21.0. The Bertz CT molecular complexity index is 580. The molecule has 2 nitrogen and oxygen atoms in total. The maximum absolute atomic E-state index is 12.3. The Hall–Kier alpha value is -0.970. The summed E-state index contributed by atoms with van der Waals surface area (Å²) in [5.41, 5.74) is 2.69. The summed E-state index contributed by atoms with van der Waals surface area (Å²) < 4.78 is 0.839. The number of nitrogens with zero attached hydrogens (tertiary/aromatic N) is 1. The van der Waals surface area contributed by atoms with E-state index < -0.39 is 0 Å². The number of benzene rings is 2. The quantitative estimate of drug-likeness (QED) is 0.512. The second kappa shape index (κ2) is 9.23. The minimum absolute atomic E-state index is 0. The van der Waals surface area contributed by atoms with Gasteiger partial charge in [-0.15, -0.1) is 17.0 Å². The lowest BCUT2D eigenvalue weighted by Gasteiger charge is -2.28. The van der Waals surface area contributed by atoms with Crippen LogP contribution in [0.25, 0.3) is 0 Å². The van der Waals surface area contributed by atoms with Crippen molar-refractivity contribution in [3.05, 3.63) is 78.2 Å². The molecule has 0 atom stereocenters. The van der Waals surface area contributed by atoms with Crippen LogP contribution in [0.3, 0.4) is 0 Å². The summed E-state index contributed by atoms with van der Waals surface area (Å²) in [5, 5.41) is 0. The van der Waals surface area contributed by atoms with Gasteiger partial charge in [0.1, 0.15) is 6.54 Å². The third-order valence-corrected chi connectivity index (χ3v) is 3.47. The van der Waals surface area contributed by atoms with Crippen molar-refractivity contribution >= 4 is 22.8 Å². The van der Waals surface area contributed by atoms with E-state index in [0.29, 0.717) is 0 Å². The summed E-state index contributed by atoms with van der Waals surface area (Å²) in [6.07, 6.45) is 0. The van der Waals surface area contributed by atoms with Crippen LogP contribution < -0.4 is 17.0 Å². The molecule has 4 heteroatoms. The average Bonchev–Trinajstić information content (AvgIpc) is 2.48. The first-order chi connectivity index (χ1) is 9.52. The SMILES string of the molecule is Br.[Br-].[CH2]C[N+](C)(C)Cc1ccc(C(=O)c2ccccc2)cc1. The zero-order valence-corrected chi connectivity index (χ0v) is 16.3. The van der Waals surface area contributed by atoms with Crippen LogP contribution in [0.15, 0.2) is 54.6 Å². The Kier molecular flexibility index (Phi) is 8.83. The van der Waals surface area contributed by atoms with Crippen LogP contribution in [0.2, 0.25) is 0 Å². The monoisotopic (exact) mass is 426 g/mol. The standard InChI is InChI=1S/C18H21NO.2BrH/c1-4-19(2,3)14-15-10-12-17(13-11-15)18(20)16-8-6-5-7-9-16;;/h5-13H,1,4,14H2,2-3H3;2*1H/q+1;;/p-1. The summed E-state index contributed by atoms with van der Waals surface area (Å²) in [7, 11) is 4.30. The van der Waals surface area contributed by atoms with Gasteiger partial charge in [-0.2, -0.15) is 0 Å². The highest BCUT2D eigenvalue weighted by Gasteiger charge is 2.14. The number of halogens is 2. The van der Waals surface area contributed by atoms with Crippen molar-refractivity contribution in [1.82, 2.24) is 0 Å². The van der Waals surface area contributed by atoms with Gasteiger partial charge >= 0.3 is 0 Å². The van der Waals surface area contributed by atoms with Gasteiger partial charge in [0.25, 0.3) is 0 Å². The van der Waals surface area contributed by atoms with Crippen LogP contribution in [-0.2, 0) is 6.54 Å². The molecule has 0 saturated heterocycles. The molecular formula is C18H22Br2NO. The number of rotatable bonds is 5. The fraction of sp³-hybridized carbons (Fsp3) is 0.222. The van der Waals surface area contributed by atoms with E-state index in [-0.39, 0.29) is 39.7 Å². The molecule has 0 N–H and O–H groups in total. The molecule has 2 rings (SSSR count). The second-order valence-electron chi connectivity index (χ2n) is 5.71. The number of carbonyl (C=O) groups is 1. The van der Waals surface area contributed by atoms with Gasteiger partial charge in [0.15, 0.2) is 5.78 Å². The van der Waals surface area contributed by atoms with Gasteiger partial charge < -0.3 is 21.5 Å². The van der Waals surface area contributed by atoms with Crippen molar-refractivity contribution in [2.24, 2.45) is 0 Å². The molecule has 0 aliphatic heterocycles. The lowest BCUT2D eigenvalue weighted by molar-refractivity contribution is -0.898. The van der Waals surface area contributed by atoms with E-state index in [1.165, 1.54) is 5.56 Å². The molecule has 0 amide bonds. The maximum Gasteiger partial charge on any atom is 0.193 e. The van der Waals surface area contributed by atoms with Crippen molar-refractivity contribution in [2.75, 3.05) is 20.6 Å². The molecule has 2 aromatic carbocycles. The summed E-state index contributed by atoms with van der Waals surface area (Å²) >= 11 is 0. The largest absolute Gasteiger partial charge is 1.00 e. The van der Waals surface area contributed by atoms with Gasteiger partial charge in [-0.1, -0.05) is 54.6 Å². The molecular weight excluding hydrogens is 406 g/mol. The Morgan fingerprint density at radius 1 is 0.955 bits per heavy atom. The molecule has 22 heavy (non-hydrogen) atoms. The van der Waals surface area contributed by atoms with Crippen LogP contribution in [0, 0.1) is 6.92 Å². The molecule has 1 radical (unpaired) electrons. The highest BCUT2D eigenvalue weighted by molar-refractivity contribution is 8.93. The van der Waals surface area contributed by atoms with E-state index in [9.17, 15) is 4.79 Å². The maximum atomic E-state index is 12.3. The van der Waals surface area contributed by atoms with E-state index in [0.717, 1.165) is 28.7 Å². The normalized spacial score (nSPS) is 10.3. The summed E-state index contributed by atoms with van der Waals surface area (Å²) in [6.45, 7) is 5.72. The molecule has 0 saturated carbocycles. The third kappa shape index (κ3) is 5.67. The second-order valence-corrected chi connectivity index (χ2v) is 5.71. The van der Waals surface area contributed by atoms with Gasteiger partial charge in [0.2, 0.25) is 0 Å². The Morgan fingerprint density at radius 3 is 1.95 bits per heavy atom. The minimum atomic E-state index is 0. The molecule has 0 fully saturated rings. The Morgan fingerprint density at radius 2 is 1.45 bits per heavy atom. The van der Waals surface area contributed by atoms with E-state index in [1.807, 2.05) is 54.6 Å². The van der Waals surface area contributed by atoms with Crippen LogP contribution in [-0.4, -0.2) is 30.9 Å². The van der Waals surface area contributed by atoms with Crippen molar-refractivity contribution in [1.29, 1.82) is 0 Å². The Balaban J connectivity index is 0.00000220. The fourth-order valence-corrected chi connectivity index (χ4v) is 2.09. The van der Waals surface area contributed by atoms with Gasteiger partial charge in [-0.05, 0) is 0 Å². The average molecular weight is 428 g/mol. The predicted molar refractivity (Wildman–Crippen MR) is 92.7 cm³/mol. The van der Waals surface area contributed by atoms with Gasteiger partial charge in [-0.25, -0.2) is 0 Å². The Labute approximate surface area is 154 Å². The van der Waals surface area contributed by atoms with Crippen LogP contribution in [0.1, 0.15) is 21.5 Å². The van der Waals surface area contributed by atoms with Crippen molar-refractivity contribution in [3.8, 4) is 0 Å². The molecule has 0 aliphatic rings. The first-order valence-electron chi connectivity index (χ1n) is 6.82. The fourth-order valence-electron chi connectivity index (χ4n) is 2.09. The number of carbonyl (C=O) groups excluding carboxylic acids is 1. The number of quaternary nitrogens is 1. The van der Waals surface area contributed by atoms with Gasteiger partial charge in [0.05, 0.1) is 20.6 Å². The number of hydrogen-bond acceptors (Lipinski definition) is 1. The molecule has 0 spiro atoms. The van der Waals surface area contributed by atoms with Crippen LogP contribution >= 0.6 is 17.0 Å². The molecule has 0 bridgehead atoms. The molecule has 2 aromatic rings. The number of hydrogen-bond donors (Lipinski definition) is 0. The molecule has 0 unspecified atom stereocenters. The smallest absolute Gasteiger partial charge is 0.193 e. The summed E-state index contributed by atoms with van der Waals surface area (Å²) in [4.78, 5) is 12.3. The molecule has 0 aromatic heterocycles. The molecule has 0 heterocycles. The van der Waals surface area contributed by atoms with E-state index >= 15 is 0 Å². The number of ketones is 1. The molecule has 0 aliphatic carbocycles. The highest BCUT2D eigenvalue weighted by atomic mass is 79.9. The third-order valence-electron chi connectivity index (χ3n) is 3.47. The molecule has 119 valence electrons. The zero-order valence-electron chi connectivity index (χ0n) is 13.0. The lowest BCUT2D eigenvalue weighted by atomic mass is 10.0. The topological polar surface area (TPSA) is 17.1 Å². The summed E-state index contributed by atoms with van der Waals surface area (Å²) in [5.74, 6) is 0.0723. The van der Waals surface area contributed by atoms with Crippen molar-refractivity contribution in [2.45, 2.75) is 6.54 Å². The van der Waals surface area contributed by atoms with E-state index in [4.69, 9.17) is 0 Å². The van der Waals surface area contributed by atoms with Crippen molar-refractivity contribution in [3.63, 3.8) is 0 Å². The van der Waals surface area contributed by atoms with Crippen molar-refractivity contribution < 1.29 is 26.3 Å².